The molecule has 21 heavy (non-hydrogen) atoms. The molecule has 112 valence electrons. The number of rotatable bonds is 4. The van der Waals surface area contributed by atoms with Crippen molar-refractivity contribution in [3.63, 3.8) is 0 Å². The summed E-state index contributed by atoms with van der Waals surface area (Å²) >= 11 is 6.12. The third kappa shape index (κ3) is 3.12. The maximum absolute atomic E-state index is 13.5. The highest BCUT2D eigenvalue weighted by molar-refractivity contribution is 6.31. The Labute approximate surface area is 128 Å². The molecule has 2 N–H and O–H groups in total. The molecule has 0 radical (unpaired) electrons. The number of aryl methyl sites for hydroxylation is 1. The molecule has 0 amide bonds. The second kappa shape index (κ2) is 6.33. The van der Waals surface area contributed by atoms with Gasteiger partial charge in [-0.25, -0.2) is 4.39 Å². The number of hydrogen-bond donors (Lipinski definition) is 1. The van der Waals surface area contributed by atoms with E-state index in [2.05, 4.69) is 0 Å². The van der Waals surface area contributed by atoms with E-state index in [1.165, 1.54) is 6.07 Å². The maximum atomic E-state index is 13.5. The van der Waals surface area contributed by atoms with Crippen LogP contribution in [0, 0.1) is 12.7 Å². The van der Waals surface area contributed by atoms with E-state index in [1.807, 2.05) is 0 Å². The molecule has 1 atom stereocenters. The van der Waals surface area contributed by atoms with Crippen LogP contribution in [0.25, 0.3) is 0 Å². The number of methoxy groups -OCH3 is 2. The van der Waals surface area contributed by atoms with E-state index in [0.717, 1.165) is 5.56 Å². The fourth-order valence-corrected chi connectivity index (χ4v) is 2.44. The zero-order valence-corrected chi connectivity index (χ0v) is 12.9. The highest BCUT2D eigenvalue weighted by Crippen LogP contribution is 2.35. The summed E-state index contributed by atoms with van der Waals surface area (Å²) in [6, 6.07) is 7.74. The van der Waals surface area contributed by atoms with Crippen LogP contribution in [0.15, 0.2) is 30.3 Å². The Morgan fingerprint density at radius 2 is 1.81 bits per heavy atom. The van der Waals surface area contributed by atoms with Gasteiger partial charge in [0.15, 0.2) is 0 Å². The van der Waals surface area contributed by atoms with Gasteiger partial charge in [-0.2, -0.15) is 0 Å². The molecular formula is C16H17ClFNO2. The van der Waals surface area contributed by atoms with Crippen molar-refractivity contribution >= 4 is 11.6 Å². The zero-order valence-electron chi connectivity index (χ0n) is 12.1. The van der Waals surface area contributed by atoms with Crippen LogP contribution in [0.1, 0.15) is 22.7 Å². The summed E-state index contributed by atoms with van der Waals surface area (Å²) < 4.78 is 24.1. The molecule has 0 aliphatic heterocycles. The van der Waals surface area contributed by atoms with Crippen molar-refractivity contribution < 1.29 is 13.9 Å². The summed E-state index contributed by atoms with van der Waals surface area (Å²) in [5, 5.41) is 0.287. The van der Waals surface area contributed by atoms with E-state index in [0.29, 0.717) is 22.6 Å². The van der Waals surface area contributed by atoms with Crippen LogP contribution in [0.4, 0.5) is 4.39 Å². The summed E-state index contributed by atoms with van der Waals surface area (Å²) in [5.41, 5.74) is 8.15. The van der Waals surface area contributed by atoms with Crippen LogP contribution in [0.3, 0.4) is 0 Å². The first-order valence-electron chi connectivity index (χ1n) is 6.41. The van der Waals surface area contributed by atoms with Crippen LogP contribution in [-0.2, 0) is 0 Å². The fourth-order valence-electron chi connectivity index (χ4n) is 2.17. The summed E-state index contributed by atoms with van der Waals surface area (Å²) in [6.07, 6.45) is 0. The minimum Gasteiger partial charge on any atom is -0.497 e. The highest BCUT2D eigenvalue weighted by atomic mass is 35.5. The molecule has 0 spiro atoms. The van der Waals surface area contributed by atoms with E-state index in [1.54, 1.807) is 45.4 Å². The molecule has 0 fully saturated rings. The largest absolute Gasteiger partial charge is 0.497 e. The molecule has 0 aliphatic carbocycles. The Kier molecular flexibility index (Phi) is 4.70. The van der Waals surface area contributed by atoms with Gasteiger partial charge in [0.05, 0.1) is 20.3 Å². The van der Waals surface area contributed by atoms with Gasteiger partial charge in [0, 0.05) is 10.6 Å². The van der Waals surface area contributed by atoms with E-state index >= 15 is 0 Å². The highest BCUT2D eigenvalue weighted by Gasteiger charge is 2.19. The first kappa shape index (κ1) is 15.6. The quantitative estimate of drug-likeness (QED) is 0.933. The topological polar surface area (TPSA) is 44.5 Å². The van der Waals surface area contributed by atoms with Gasteiger partial charge in [-0.3, -0.25) is 0 Å². The monoisotopic (exact) mass is 309 g/mol. The van der Waals surface area contributed by atoms with Gasteiger partial charge in [0.1, 0.15) is 17.3 Å². The lowest BCUT2D eigenvalue weighted by molar-refractivity contribution is 0.397. The van der Waals surface area contributed by atoms with Crippen molar-refractivity contribution in [2.75, 3.05) is 14.2 Å². The van der Waals surface area contributed by atoms with Crippen molar-refractivity contribution in [2.24, 2.45) is 5.73 Å². The lowest BCUT2D eigenvalue weighted by atomic mass is 9.97. The minimum atomic E-state index is -0.540. The average Bonchev–Trinajstić information content (AvgIpc) is 2.49. The van der Waals surface area contributed by atoms with Gasteiger partial charge in [0.25, 0.3) is 0 Å². The zero-order chi connectivity index (χ0) is 15.6. The maximum Gasteiger partial charge on any atom is 0.127 e. The van der Waals surface area contributed by atoms with E-state index in [-0.39, 0.29) is 10.8 Å². The Morgan fingerprint density at radius 3 is 2.43 bits per heavy atom. The number of hydrogen-bond acceptors (Lipinski definition) is 3. The Morgan fingerprint density at radius 1 is 1.10 bits per heavy atom. The Bertz CT molecular complexity index is 661. The lowest BCUT2D eigenvalue weighted by Crippen LogP contribution is -2.14. The van der Waals surface area contributed by atoms with Crippen molar-refractivity contribution in [3.8, 4) is 11.5 Å². The summed E-state index contributed by atoms with van der Waals surface area (Å²) in [6.45, 7) is 1.67. The second-order valence-corrected chi connectivity index (χ2v) is 5.12. The molecule has 0 aromatic heterocycles. The number of halogens is 2. The van der Waals surface area contributed by atoms with Gasteiger partial charge in [-0.15, -0.1) is 0 Å². The number of nitrogens with two attached hydrogens (primary N) is 1. The van der Waals surface area contributed by atoms with E-state index in [4.69, 9.17) is 26.8 Å². The van der Waals surface area contributed by atoms with Gasteiger partial charge in [0.2, 0.25) is 0 Å². The first-order valence-corrected chi connectivity index (χ1v) is 6.78. The third-order valence-corrected chi connectivity index (χ3v) is 3.71. The molecule has 5 heteroatoms. The molecule has 3 nitrogen and oxygen atoms in total. The van der Waals surface area contributed by atoms with Crippen LogP contribution in [0.2, 0.25) is 5.02 Å². The SMILES string of the molecule is COc1ccc(OC)c(C(N)c2cc(C)c(F)cc2Cl)c1. The predicted molar refractivity (Wildman–Crippen MR) is 81.7 cm³/mol. The van der Waals surface area contributed by atoms with Gasteiger partial charge >= 0.3 is 0 Å². The molecule has 2 rings (SSSR count). The molecule has 2 aromatic carbocycles. The summed E-state index contributed by atoms with van der Waals surface area (Å²) in [5.74, 6) is 0.936. The molecule has 0 aliphatic rings. The molecule has 0 saturated carbocycles. The number of benzene rings is 2. The summed E-state index contributed by atoms with van der Waals surface area (Å²) in [7, 11) is 3.14. The normalized spacial score (nSPS) is 12.1. The summed E-state index contributed by atoms with van der Waals surface area (Å²) in [4.78, 5) is 0. The van der Waals surface area contributed by atoms with E-state index in [9.17, 15) is 4.39 Å². The molecule has 0 heterocycles. The number of ether oxygens (including phenoxy) is 2. The van der Waals surface area contributed by atoms with Crippen LogP contribution in [0.5, 0.6) is 11.5 Å². The van der Waals surface area contributed by atoms with Crippen LogP contribution < -0.4 is 15.2 Å². The predicted octanol–water partition coefficient (Wildman–Crippen LogP) is 3.85. The average molecular weight is 310 g/mol. The molecule has 2 aromatic rings. The first-order chi connectivity index (χ1) is 9.97. The Balaban J connectivity index is 2.53. The molecule has 0 saturated heterocycles. The molecule has 0 bridgehead atoms. The van der Waals surface area contributed by atoms with Crippen molar-refractivity contribution in [2.45, 2.75) is 13.0 Å². The third-order valence-electron chi connectivity index (χ3n) is 3.38. The molecule has 1 unspecified atom stereocenters. The van der Waals surface area contributed by atoms with Crippen molar-refractivity contribution in [3.05, 3.63) is 57.9 Å². The second-order valence-electron chi connectivity index (χ2n) is 4.71. The van der Waals surface area contributed by atoms with Crippen molar-refractivity contribution in [1.29, 1.82) is 0 Å². The van der Waals surface area contributed by atoms with Gasteiger partial charge in [-0.05, 0) is 48.4 Å². The lowest BCUT2D eigenvalue weighted by Gasteiger charge is -2.19. The van der Waals surface area contributed by atoms with Crippen molar-refractivity contribution in [1.82, 2.24) is 0 Å². The Hall–Kier alpha value is -1.78. The van der Waals surface area contributed by atoms with Gasteiger partial charge < -0.3 is 15.2 Å². The standard InChI is InChI=1S/C16H17ClFNO2/c1-9-6-11(13(17)8-14(9)18)16(19)12-7-10(20-2)4-5-15(12)21-3/h4-8,16H,19H2,1-3H3. The fraction of sp³-hybridized carbons (Fsp3) is 0.250. The van der Waals surface area contributed by atoms with Gasteiger partial charge in [-0.1, -0.05) is 11.6 Å². The minimum absolute atomic E-state index is 0.287. The van der Waals surface area contributed by atoms with Crippen LogP contribution in [-0.4, -0.2) is 14.2 Å². The smallest absolute Gasteiger partial charge is 0.127 e. The molecular weight excluding hydrogens is 293 g/mol. The van der Waals surface area contributed by atoms with Crippen LogP contribution >= 0.6 is 11.6 Å². The van der Waals surface area contributed by atoms with E-state index < -0.39 is 6.04 Å².